The number of benzene rings is 1. The molecular weight excluding hydrogens is 401 g/mol. The summed E-state index contributed by atoms with van der Waals surface area (Å²) in [7, 11) is 0. The van der Waals surface area contributed by atoms with Crippen molar-refractivity contribution in [3.8, 4) is 11.1 Å². The van der Waals surface area contributed by atoms with Gasteiger partial charge in [-0.3, -0.25) is 4.79 Å². The van der Waals surface area contributed by atoms with Gasteiger partial charge < -0.3 is 11.1 Å². The minimum atomic E-state index is -0.438. The Labute approximate surface area is 176 Å². The first-order chi connectivity index (χ1) is 14.5. The van der Waals surface area contributed by atoms with E-state index in [0.717, 1.165) is 42.4 Å². The van der Waals surface area contributed by atoms with E-state index in [0.29, 0.717) is 10.5 Å². The molecule has 30 heavy (non-hydrogen) atoms. The summed E-state index contributed by atoms with van der Waals surface area (Å²) in [4.78, 5) is 17.8. The summed E-state index contributed by atoms with van der Waals surface area (Å²) in [5.41, 5.74) is 8.71. The van der Waals surface area contributed by atoms with Crippen LogP contribution in [-0.2, 0) is 5.54 Å². The van der Waals surface area contributed by atoms with Crippen LogP contribution in [0.15, 0.2) is 54.0 Å². The number of thiophene rings is 1. The van der Waals surface area contributed by atoms with E-state index in [4.69, 9.17) is 5.73 Å². The second-order valence-electron chi connectivity index (χ2n) is 7.64. The zero-order valence-electron chi connectivity index (χ0n) is 16.1. The van der Waals surface area contributed by atoms with Crippen LogP contribution in [0.1, 0.15) is 40.9 Å². The smallest absolute Gasteiger partial charge is 0.262 e. The maximum atomic E-state index is 13.4. The number of fused-ring (bicyclic) bond motifs is 1. The molecular formula is C22H20FN5OS. The lowest BCUT2D eigenvalue weighted by molar-refractivity contribution is 0.0902. The number of halogens is 1. The molecule has 0 radical (unpaired) electrons. The standard InChI is InChI=1S/C22H20FN5OS/c23-17-6-4-16(5-7-17)22(9-1-2-10-22)26-20(29)18-11-15(13-30-18)14-3-8-19-25-21(24)27-28(19)12-14/h3-8,11-13H,1-2,9-10H2,(H2,24,27)(H,26,29). The molecule has 5 rings (SSSR count). The second kappa shape index (κ2) is 7.21. The molecule has 4 aromatic rings. The molecule has 8 heteroatoms. The minimum absolute atomic E-state index is 0.108. The number of carbonyl (C=O) groups excluding carboxylic acids is 1. The lowest BCUT2D eigenvalue weighted by Crippen LogP contribution is -2.43. The van der Waals surface area contributed by atoms with Gasteiger partial charge in [0.1, 0.15) is 5.82 Å². The number of rotatable bonds is 4. The molecule has 0 saturated heterocycles. The molecule has 1 aliphatic rings. The second-order valence-corrected chi connectivity index (χ2v) is 8.55. The first-order valence-corrected chi connectivity index (χ1v) is 10.7. The SMILES string of the molecule is Nc1nc2ccc(-c3csc(C(=O)NC4(c5ccc(F)cc5)CCCC4)c3)cn2n1. The van der Waals surface area contributed by atoms with E-state index in [1.165, 1.54) is 23.5 Å². The molecule has 152 valence electrons. The third-order valence-corrected chi connectivity index (χ3v) is 6.64. The fraction of sp³-hybridized carbons (Fsp3) is 0.227. The molecule has 1 fully saturated rings. The van der Waals surface area contributed by atoms with Crippen molar-refractivity contribution in [1.29, 1.82) is 0 Å². The van der Waals surface area contributed by atoms with Crippen molar-refractivity contribution in [3.63, 3.8) is 0 Å². The van der Waals surface area contributed by atoms with E-state index in [1.807, 2.05) is 29.8 Å². The van der Waals surface area contributed by atoms with E-state index in [-0.39, 0.29) is 17.7 Å². The van der Waals surface area contributed by atoms with Gasteiger partial charge in [-0.05, 0) is 59.7 Å². The molecule has 1 aliphatic carbocycles. The topological polar surface area (TPSA) is 85.3 Å². The van der Waals surface area contributed by atoms with E-state index in [9.17, 15) is 9.18 Å². The fourth-order valence-electron chi connectivity index (χ4n) is 4.19. The van der Waals surface area contributed by atoms with Crippen LogP contribution in [0.25, 0.3) is 16.8 Å². The predicted octanol–water partition coefficient (Wildman–Crippen LogP) is 4.38. The van der Waals surface area contributed by atoms with Crippen molar-refractivity contribution in [2.75, 3.05) is 5.73 Å². The number of nitrogen functional groups attached to an aromatic ring is 1. The highest BCUT2D eigenvalue weighted by molar-refractivity contribution is 7.12. The van der Waals surface area contributed by atoms with Gasteiger partial charge >= 0.3 is 0 Å². The molecule has 3 heterocycles. The highest BCUT2D eigenvalue weighted by Crippen LogP contribution is 2.39. The number of hydrogen-bond acceptors (Lipinski definition) is 5. The highest BCUT2D eigenvalue weighted by atomic mass is 32.1. The Balaban J connectivity index is 1.41. The summed E-state index contributed by atoms with van der Waals surface area (Å²) < 4.78 is 15.0. The molecule has 0 unspecified atom stereocenters. The fourth-order valence-corrected chi connectivity index (χ4v) is 5.00. The van der Waals surface area contributed by atoms with Gasteiger partial charge in [0.05, 0.1) is 10.4 Å². The van der Waals surface area contributed by atoms with Crippen LogP contribution in [-0.4, -0.2) is 20.5 Å². The molecule has 3 aromatic heterocycles. The first kappa shape index (κ1) is 18.7. The molecule has 1 saturated carbocycles. The minimum Gasteiger partial charge on any atom is -0.366 e. The maximum Gasteiger partial charge on any atom is 0.262 e. The average Bonchev–Trinajstić information content (AvgIpc) is 3.47. The van der Waals surface area contributed by atoms with Crippen molar-refractivity contribution in [2.24, 2.45) is 0 Å². The number of aromatic nitrogens is 3. The molecule has 1 amide bonds. The average molecular weight is 422 g/mol. The predicted molar refractivity (Wildman–Crippen MR) is 115 cm³/mol. The number of nitrogens with two attached hydrogens (primary N) is 1. The van der Waals surface area contributed by atoms with Crippen LogP contribution < -0.4 is 11.1 Å². The summed E-state index contributed by atoms with van der Waals surface area (Å²) in [5, 5.41) is 9.34. The van der Waals surface area contributed by atoms with Crippen LogP contribution >= 0.6 is 11.3 Å². The largest absolute Gasteiger partial charge is 0.366 e. The number of anilines is 1. The molecule has 3 N–H and O–H groups in total. The van der Waals surface area contributed by atoms with Crippen LogP contribution in [0.5, 0.6) is 0 Å². The van der Waals surface area contributed by atoms with Crippen molar-refractivity contribution in [1.82, 2.24) is 19.9 Å². The number of nitrogens with zero attached hydrogens (tertiary/aromatic N) is 3. The zero-order valence-corrected chi connectivity index (χ0v) is 17.0. The Bertz CT molecular complexity index is 1220. The third-order valence-electron chi connectivity index (χ3n) is 5.71. The van der Waals surface area contributed by atoms with E-state index in [1.54, 1.807) is 16.6 Å². The lowest BCUT2D eigenvalue weighted by atomic mass is 9.88. The van der Waals surface area contributed by atoms with E-state index >= 15 is 0 Å². The van der Waals surface area contributed by atoms with Crippen molar-refractivity contribution in [3.05, 3.63) is 70.3 Å². The van der Waals surface area contributed by atoms with Gasteiger partial charge in [0, 0.05) is 11.8 Å². The van der Waals surface area contributed by atoms with Crippen LogP contribution in [0.2, 0.25) is 0 Å². The normalized spacial score (nSPS) is 15.5. The zero-order chi connectivity index (χ0) is 20.7. The maximum absolute atomic E-state index is 13.4. The lowest BCUT2D eigenvalue weighted by Gasteiger charge is -2.31. The summed E-state index contributed by atoms with van der Waals surface area (Å²) >= 11 is 1.40. The molecule has 0 aliphatic heterocycles. The summed E-state index contributed by atoms with van der Waals surface area (Å²) in [6.45, 7) is 0. The van der Waals surface area contributed by atoms with Gasteiger partial charge in [0.25, 0.3) is 5.91 Å². The number of amides is 1. The Morgan fingerprint density at radius 1 is 1.13 bits per heavy atom. The molecule has 0 spiro atoms. The Morgan fingerprint density at radius 3 is 2.67 bits per heavy atom. The highest BCUT2D eigenvalue weighted by Gasteiger charge is 2.37. The Morgan fingerprint density at radius 2 is 1.90 bits per heavy atom. The van der Waals surface area contributed by atoms with Gasteiger partial charge in [0.15, 0.2) is 5.65 Å². The van der Waals surface area contributed by atoms with E-state index in [2.05, 4.69) is 15.4 Å². The third kappa shape index (κ3) is 3.33. The Kier molecular flexibility index (Phi) is 4.51. The molecule has 6 nitrogen and oxygen atoms in total. The summed E-state index contributed by atoms with van der Waals surface area (Å²) in [6, 6.07) is 12.1. The quantitative estimate of drug-likeness (QED) is 0.512. The summed E-state index contributed by atoms with van der Waals surface area (Å²) in [5.74, 6) is -0.157. The van der Waals surface area contributed by atoms with Crippen LogP contribution in [0.3, 0.4) is 0 Å². The number of nitrogens with one attached hydrogen (secondary N) is 1. The van der Waals surface area contributed by atoms with Gasteiger partial charge in [-0.25, -0.2) is 8.91 Å². The van der Waals surface area contributed by atoms with Crippen molar-refractivity contribution in [2.45, 2.75) is 31.2 Å². The van der Waals surface area contributed by atoms with Gasteiger partial charge in [-0.15, -0.1) is 16.4 Å². The summed E-state index contributed by atoms with van der Waals surface area (Å²) in [6.07, 6.45) is 5.63. The monoisotopic (exact) mass is 421 g/mol. The molecule has 0 atom stereocenters. The number of carbonyl (C=O) groups is 1. The number of pyridine rings is 1. The van der Waals surface area contributed by atoms with Gasteiger partial charge in [0.2, 0.25) is 5.95 Å². The first-order valence-electron chi connectivity index (χ1n) is 9.82. The van der Waals surface area contributed by atoms with Gasteiger partial charge in [-0.2, -0.15) is 4.98 Å². The van der Waals surface area contributed by atoms with E-state index < -0.39 is 5.54 Å². The number of hydrogen-bond donors (Lipinski definition) is 2. The van der Waals surface area contributed by atoms with Crippen molar-refractivity contribution >= 4 is 28.8 Å². The van der Waals surface area contributed by atoms with Crippen LogP contribution in [0, 0.1) is 5.82 Å². The van der Waals surface area contributed by atoms with Crippen molar-refractivity contribution < 1.29 is 9.18 Å². The molecule has 0 bridgehead atoms. The molecule has 1 aromatic carbocycles. The van der Waals surface area contributed by atoms with Gasteiger partial charge in [-0.1, -0.05) is 25.0 Å². The van der Waals surface area contributed by atoms with Crippen LogP contribution in [0.4, 0.5) is 10.3 Å². The Hall–Kier alpha value is -3.26.